The highest BCUT2D eigenvalue weighted by Gasteiger charge is 2.51. The molecule has 1 saturated heterocycles. The lowest BCUT2D eigenvalue weighted by molar-refractivity contribution is -0.149. The number of carbonyl (C=O) groups is 2. The van der Waals surface area contributed by atoms with E-state index in [1.54, 1.807) is 11.1 Å². The Kier molecular flexibility index (Phi) is 5.88. The van der Waals surface area contributed by atoms with Crippen molar-refractivity contribution in [2.45, 2.75) is 62.9 Å². The molecule has 2 aromatic carbocycles. The number of nitrogens with one attached hydrogen (secondary N) is 2. The number of rotatable bonds is 5. The van der Waals surface area contributed by atoms with Gasteiger partial charge in [-0.15, -0.1) is 0 Å². The van der Waals surface area contributed by atoms with Crippen molar-refractivity contribution in [1.82, 2.24) is 15.2 Å². The zero-order valence-electron chi connectivity index (χ0n) is 22.4. The van der Waals surface area contributed by atoms with Crippen LogP contribution in [0.5, 0.6) is 0 Å². The highest BCUT2D eigenvalue weighted by Crippen LogP contribution is 2.46. The molecule has 2 atom stereocenters. The fourth-order valence-electron chi connectivity index (χ4n) is 6.51. The summed E-state index contributed by atoms with van der Waals surface area (Å²) < 4.78 is 28.3. The molecule has 202 valence electrons. The van der Waals surface area contributed by atoms with Gasteiger partial charge in [0, 0.05) is 30.9 Å². The van der Waals surface area contributed by atoms with Gasteiger partial charge < -0.3 is 15.5 Å². The smallest absolute Gasteiger partial charge is 0.243 e. The third kappa shape index (κ3) is 4.13. The topological polar surface area (TPSA) is 74.3 Å². The van der Waals surface area contributed by atoms with Gasteiger partial charge in [-0.1, -0.05) is 24.3 Å². The number of aromatic nitrogens is 1. The van der Waals surface area contributed by atoms with E-state index in [1.165, 1.54) is 23.3 Å². The van der Waals surface area contributed by atoms with Gasteiger partial charge in [-0.2, -0.15) is 0 Å². The molecule has 39 heavy (non-hydrogen) atoms. The largest absolute Gasteiger partial charge is 0.330 e. The van der Waals surface area contributed by atoms with Crippen LogP contribution in [-0.4, -0.2) is 40.3 Å². The Hall–Kier alpha value is -3.65. The van der Waals surface area contributed by atoms with Crippen molar-refractivity contribution in [3.05, 3.63) is 94.2 Å². The van der Waals surface area contributed by atoms with Crippen molar-refractivity contribution in [3.8, 4) is 0 Å². The summed E-state index contributed by atoms with van der Waals surface area (Å²) in [5, 5.41) is 6.21. The number of carbonyl (C=O) groups excluding carboxylic acids is 2. The van der Waals surface area contributed by atoms with Crippen molar-refractivity contribution in [2.75, 3.05) is 18.4 Å². The summed E-state index contributed by atoms with van der Waals surface area (Å²) in [5.41, 5.74) is 2.59. The van der Waals surface area contributed by atoms with Gasteiger partial charge in [0.1, 0.15) is 17.5 Å². The first-order valence-corrected chi connectivity index (χ1v) is 13.4. The standard InChI is InChI=1S/C31H32F2N4O2/c1-29(2)28(39)37(30(3,18-35-29)22-13-23(32)15-24(33)14-22)11-5-6-19-8-9-20-16-31(17-21(20)12-19)25-7-4-10-34-26(25)36-27(31)38/h4,7-10,12-15,35H,5-6,11,16-18H2,1-3H3,(H,34,36,38)/t30-,31+/m0/s1. The molecule has 3 aromatic rings. The number of hydrogen-bond donors (Lipinski definition) is 2. The Balaban J connectivity index is 1.20. The number of pyridine rings is 1. The maximum Gasteiger partial charge on any atom is 0.243 e. The highest BCUT2D eigenvalue weighted by atomic mass is 19.1. The minimum atomic E-state index is -0.892. The molecule has 6 rings (SSSR count). The molecule has 2 amide bonds. The summed E-state index contributed by atoms with van der Waals surface area (Å²) >= 11 is 0. The highest BCUT2D eigenvalue weighted by molar-refractivity contribution is 6.06. The number of hydrogen-bond acceptors (Lipinski definition) is 4. The maximum absolute atomic E-state index is 14.1. The second kappa shape index (κ2) is 8.95. The molecule has 2 aliphatic heterocycles. The molecular formula is C31H32F2N4O2. The Bertz CT molecular complexity index is 1490. The van der Waals surface area contributed by atoms with Crippen LogP contribution in [0.4, 0.5) is 14.6 Å². The molecular weight excluding hydrogens is 498 g/mol. The summed E-state index contributed by atoms with van der Waals surface area (Å²) in [7, 11) is 0. The quantitative estimate of drug-likeness (QED) is 0.513. The predicted octanol–water partition coefficient (Wildman–Crippen LogP) is 4.41. The van der Waals surface area contributed by atoms with E-state index in [0.29, 0.717) is 43.7 Å². The second-order valence-electron chi connectivity index (χ2n) is 11.9. The van der Waals surface area contributed by atoms with Gasteiger partial charge in [0.15, 0.2) is 0 Å². The van der Waals surface area contributed by atoms with Crippen LogP contribution in [0.25, 0.3) is 0 Å². The SMILES string of the molecule is CC1(C)NC[C@@](C)(c2cc(F)cc(F)c2)N(CCCc2ccc3c(c2)C[C@@]2(C3)C(=O)Nc3ncccc32)C1=O. The van der Waals surface area contributed by atoms with Crippen LogP contribution in [0.15, 0.2) is 54.7 Å². The zero-order valence-corrected chi connectivity index (χ0v) is 22.4. The van der Waals surface area contributed by atoms with Gasteiger partial charge in [-0.25, -0.2) is 13.8 Å². The molecule has 6 nitrogen and oxygen atoms in total. The molecule has 1 aliphatic carbocycles. The lowest BCUT2D eigenvalue weighted by atomic mass is 9.79. The van der Waals surface area contributed by atoms with Crippen molar-refractivity contribution in [3.63, 3.8) is 0 Å². The predicted molar refractivity (Wildman–Crippen MR) is 144 cm³/mol. The molecule has 8 heteroatoms. The Morgan fingerprint density at radius 3 is 2.49 bits per heavy atom. The Labute approximate surface area is 226 Å². The van der Waals surface area contributed by atoms with E-state index in [9.17, 15) is 18.4 Å². The fourth-order valence-corrected chi connectivity index (χ4v) is 6.51. The molecule has 3 heterocycles. The van der Waals surface area contributed by atoms with Crippen LogP contribution >= 0.6 is 0 Å². The van der Waals surface area contributed by atoms with E-state index < -0.39 is 28.1 Å². The first kappa shape index (κ1) is 25.6. The Morgan fingerprint density at radius 2 is 1.72 bits per heavy atom. The van der Waals surface area contributed by atoms with Gasteiger partial charge >= 0.3 is 0 Å². The number of aryl methyl sites for hydroxylation is 1. The monoisotopic (exact) mass is 530 g/mol. The summed E-state index contributed by atoms with van der Waals surface area (Å²) in [6, 6.07) is 13.7. The number of amides is 2. The van der Waals surface area contributed by atoms with Gasteiger partial charge in [-0.05, 0) is 86.9 Å². The summed E-state index contributed by atoms with van der Waals surface area (Å²) in [6.45, 7) is 6.35. The Morgan fingerprint density at radius 1 is 0.974 bits per heavy atom. The molecule has 1 aromatic heterocycles. The van der Waals surface area contributed by atoms with Crippen LogP contribution in [0.3, 0.4) is 0 Å². The lowest BCUT2D eigenvalue weighted by Gasteiger charge is -2.51. The minimum absolute atomic E-state index is 0.00172. The van der Waals surface area contributed by atoms with E-state index >= 15 is 0 Å². The van der Waals surface area contributed by atoms with Crippen LogP contribution in [0, 0.1) is 11.6 Å². The molecule has 3 aliphatic rings. The normalized spacial score (nSPS) is 25.1. The molecule has 0 bridgehead atoms. The first-order valence-electron chi connectivity index (χ1n) is 13.4. The lowest BCUT2D eigenvalue weighted by Crippen LogP contribution is -2.69. The van der Waals surface area contributed by atoms with E-state index in [2.05, 4.69) is 33.8 Å². The van der Waals surface area contributed by atoms with Crippen LogP contribution < -0.4 is 10.6 Å². The summed E-state index contributed by atoms with van der Waals surface area (Å²) in [5.74, 6) is -0.763. The van der Waals surface area contributed by atoms with Crippen molar-refractivity contribution < 1.29 is 18.4 Å². The number of halogens is 2. The number of fused-ring (bicyclic) bond motifs is 3. The van der Waals surface area contributed by atoms with Gasteiger partial charge in [-0.3, -0.25) is 9.59 Å². The summed E-state index contributed by atoms with van der Waals surface area (Å²) in [4.78, 5) is 32.6. The van der Waals surface area contributed by atoms with E-state index in [-0.39, 0.29) is 11.8 Å². The minimum Gasteiger partial charge on any atom is -0.330 e. The van der Waals surface area contributed by atoms with Gasteiger partial charge in [0.25, 0.3) is 0 Å². The van der Waals surface area contributed by atoms with Gasteiger partial charge in [0.05, 0.1) is 16.5 Å². The second-order valence-corrected chi connectivity index (χ2v) is 11.9. The summed E-state index contributed by atoms with van der Waals surface area (Å²) in [6.07, 6.45) is 4.40. The number of anilines is 1. The van der Waals surface area contributed by atoms with E-state index in [0.717, 1.165) is 23.6 Å². The van der Waals surface area contributed by atoms with Crippen LogP contribution in [-0.2, 0) is 39.8 Å². The zero-order chi connectivity index (χ0) is 27.6. The number of nitrogens with zero attached hydrogens (tertiary/aromatic N) is 2. The number of piperazine rings is 1. The average Bonchev–Trinajstić information content (AvgIpc) is 3.40. The molecule has 0 unspecified atom stereocenters. The third-order valence-electron chi connectivity index (χ3n) is 8.83. The average molecular weight is 531 g/mol. The van der Waals surface area contributed by atoms with Crippen LogP contribution in [0.1, 0.15) is 55.0 Å². The van der Waals surface area contributed by atoms with Crippen molar-refractivity contribution >= 4 is 17.6 Å². The van der Waals surface area contributed by atoms with Crippen molar-refractivity contribution in [2.24, 2.45) is 0 Å². The molecule has 0 saturated carbocycles. The molecule has 1 fully saturated rings. The third-order valence-corrected chi connectivity index (χ3v) is 8.83. The molecule has 1 spiro atoms. The molecule has 2 N–H and O–H groups in total. The molecule has 0 radical (unpaired) electrons. The van der Waals surface area contributed by atoms with Crippen molar-refractivity contribution in [1.29, 1.82) is 0 Å². The number of benzene rings is 2. The van der Waals surface area contributed by atoms with Crippen LogP contribution in [0.2, 0.25) is 0 Å². The maximum atomic E-state index is 14.1. The fraction of sp³-hybridized carbons (Fsp3) is 0.387. The van der Waals surface area contributed by atoms with E-state index in [1.807, 2.05) is 32.9 Å². The van der Waals surface area contributed by atoms with Gasteiger partial charge in [0.2, 0.25) is 11.8 Å². The first-order chi connectivity index (χ1) is 18.5. The van der Waals surface area contributed by atoms with E-state index in [4.69, 9.17) is 0 Å².